The summed E-state index contributed by atoms with van der Waals surface area (Å²) in [5.41, 5.74) is 1.44. The Labute approximate surface area is 171 Å². The third-order valence-electron chi connectivity index (χ3n) is 4.38. The summed E-state index contributed by atoms with van der Waals surface area (Å²) in [5.74, 6) is -0.207. The highest BCUT2D eigenvalue weighted by Gasteiger charge is 2.25. The first-order valence-electron chi connectivity index (χ1n) is 8.35. The average molecular weight is 458 g/mol. The number of carbonyl (C=O) groups is 1. The van der Waals surface area contributed by atoms with E-state index in [0.717, 1.165) is 23.1 Å². The lowest BCUT2D eigenvalue weighted by atomic mass is 10.0. The molecule has 1 fully saturated rings. The molecule has 0 saturated carbocycles. The van der Waals surface area contributed by atoms with Gasteiger partial charge in [0.05, 0.1) is 29.8 Å². The van der Waals surface area contributed by atoms with Crippen molar-refractivity contribution in [3.8, 4) is 0 Å². The van der Waals surface area contributed by atoms with Crippen LogP contribution >= 0.6 is 39.1 Å². The Kier molecular flexibility index (Phi) is 6.95. The van der Waals surface area contributed by atoms with Crippen LogP contribution in [-0.2, 0) is 4.74 Å². The summed E-state index contributed by atoms with van der Waals surface area (Å²) in [7, 11) is 0. The average Bonchev–Trinajstić information content (AvgIpc) is 2.66. The quantitative estimate of drug-likeness (QED) is 0.715. The van der Waals surface area contributed by atoms with Crippen LogP contribution in [0.1, 0.15) is 22.0 Å². The Morgan fingerprint density at radius 3 is 2.62 bits per heavy atom. The Morgan fingerprint density at radius 1 is 1.15 bits per heavy atom. The van der Waals surface area contributed by atoms with Gasteiger partial charge >= 0.3 is 0 Å². The molecule has 0 spiro atoms. The van der Waals surface area contributed by atoms with E-state index in [1.165, 1.54) is 0 Å². The van der Waals surface area contributed by atoms with Crippen molar-refractivity contribution in [3.63, 3.8) is 0 Å². The van der Waals surface area contributed by atoms with Crippen molar-refractivity contribution in [1.82, 2.24) is 10.2 Å². The Hall–Kier alpha value is -1.11. The number of morpholine rings is 1. The van der Waals surface area contributed by atoms with Gasteiger partial charge in [0.2, 0.25) is 0 Å². The van der Waals surface area contributed by atoms with E-state index in [9.17, 15) is 4.79 Å². The van der Waals surface area contributed by atoms with Gasteiger partial charge in [0, 0.05) is 29.1 Å². The fourth-order valence-electron chi connectivity index (χ4n) is 3.03. The second-order valence-corrected chi connectivity index (χ2v) is 7.75. The molecule has 0 aromatic heterocycles. The van der Waals surface area contributed by atoms with Crippen LogP contribution in [0.4, 0.5) is 0 Å². The molecule has 2 aromatic rings. The molecule has 2 aromatic carbocycles. The highest BCUT2D eigenvalue weighted by atomic mass is 79.9. The van der Waals surface area contributed by atoms with Gasteiger partial charge in [-0.3, -0.25) is 9.69 Å². The minimum atomic E-state index is -0.207. The zero-order valence-corrected chi connectivity index (χ0v) is 17.1. The Morgan fingerprint density at radius 2 is 1.88 bits per heavy atom. The van der Waals surface area contributed by atoms with Gasteiger partial charge < -0.3 is 10.1 Å². The van der Waals surface area contributed by atoms with Crippen molar-refractivity contribution in [2.45, 2.75) is 6.04 Å². The second-order valence-electron chi connectivity index (χ2n) is 6.02. The highest BCUT2D eigenvalue weighted by Crippen LogP contribution is 2.28. The first-order valence-corrected chi connectivity index (χ1v) is 9.90. The molecule has 26 heavy (non-hydrogen) atoms. The molecule has 1 heterocycles. The van der Waals surface area contributed by atoms with E-state index in [0.29, 0.717) is 35.4 Å². The van der Waals surface area contributed by atoms with Crippen LogP contribution in [0.3, 0.4) is 0 Å². The van der Waals surface area contributed by atoms with Crippen molar-refractivity contribution in [3.05, 3.63) is 68.1 Å². The smallest absolute Gasteiger partial charge is 0.252 e. The van der Waals surface area contributed by atoms with E-state index in [4.69, 9.17) is 27.9 Å². The number of amides is 1. The lowest BCUT2D eigenvalue weighted by Gasteiger charge is -2.35. The van der Waals surface area contributed by atoms with Gasteiger partial charge in [0.15, 0.2) is 0 Å². The lowest BCUT2D eigenvalue weighted by Crippen LogP contribution is -2.44. The van der Waals surface area contributed by atoms with Crippen molar-refractivity contribution in [2.24, 2.45) is 0 Å². The monoisotopic (exact) mass is 456 g/mol. The number of rotatable bonds is 5. The van der Waals surface area contributed by atoms with Gasteiger partial charge in [-0.2, -0.15) is 0 Å². The number of hydrogen-bond acceptors (Lipinski definition) is 3. The first-order chi connectivity index (χ1) is 12.6. The lowest BCUT2D eigenvalue weighted by molar-refractivity contribution is 0.0162. The van der Waals surface area contributed by atoms with Crippen LogP contribution < -0.4 is 5.32 Å². The number of nitrogens with one attached hydrogen (secondary N) is 1. The van der Waals surface area contributed by atoms with E-state index in [-0.39, 0.29) is 11.9 Å². The summed E-state index contributed by atoms with van der Waals surface area (Å²) in [6.45, 7) is 3.37. The SMILES string of the molecule is O=C(NCC(c1ccccc1Cl)N1CCOCC1)c1cc(Br)ccc1Cl. The number of benzene rings is 2. The third kappa shape index (κ3) is 4.78. The zero-order chi connectivity index (χ0) is 18.5. The van der Waals surface area contributed by atoms with Gasteiger partial charge in [-0.25, -0.2) is 0 Å². The topological polar surface area (TPSA) is 41.6 Å². The van der Waals surface area contributed by atoms with Gasteiger partial charge in [-0.05, 0) is 29.8 Å². The molecule has 1 aliphatic rings. The Balaban J connectivity index is 1.78. The summed E-state index contributed by atoms with van der Waals surface area (Å²) < 4.78 is 6.26. The predicted octanol–water partition coefficient (Wildman–Crippen LogP) is 4.56. The summed E-state index contributed by atoms with van der Waals surface area (Å²) in [6, 6.07) is 12.9. The summed E-state index contributed by atoms with van der Waals surface area (Å²) in [4.78, 5) is 14.9. The van der Waals surface area contributed by atoms with Gasteiger partial charge in [-0.15, -0.1) is 0 Å². The maximum Gasteiger partial charge on any atom is 0.252 e. The first kappa shape index (κ1) is 19.6. The number of halogens is 3. The minimum absolute atomic E-state index is 0.0255. The van der Waals surface area contributed by atoms with Crippen molar-refractivity contribution in [2.75, 3.05) is 32.8 Å². The van der Waals surface area contributed by atoms with Crippen LogP contribution in [0.5, 0.6) is 0 Å². The molecule has 1 saturated heterocycles. The van der Waals surface area contributed by atoms with E-state index < -0.39 is 0 Å². The fraction of sp³-hybridized carbons (Fsp3) is 0.316. The normalized spacial score (nSPS) is 16.3. The molecule has 4 nitrogen and oxygen atoms in total. The van der Waals surface area contributed by atoms with Crippen LogP contribution in [0.2, 0.25) is 10.0 Å². The van der Waals surface area contributed by atoms with Gasteiger partial charge in [0.1, 0.15) is 0 Å². The fourth-order valence-corrected chi connectivity index (χ4v) is 3.85. The molecule has 1 amide bonds. The molecule has 3 rings (SSSR count). The van der Waals surface area contributed by atoms with Gasteiger partial charge in [-0.1, -0.05) is 57.3 Å². The van der Waals surface area contributed by atoms with E-state index in [2.05, 4.69) is 26.1 Å². The molecule has 0 aliphatic carbocycles. The van der Waals surface area contributed by atoms with Crippen molar-refractivity contribution < 1.29 is 9.53 Å². The molecule has 1 unspecified atom stereocenters. The van der Waals surface area contributed by atoms with E-state index in [1.807, 2.05) is 24.3 Å². The molecule has 0 radical (unpaired) electrons. The number of hydrogen-bond donors (Lipinski definition) is 1. The molecule has 1 N–H and O–H groups in total. The van der Waals surface area contributed by atoms with Crippen LogP contribution in [0, 0.1) is 0 Å². The van der Waals surface area contributed by atoms with E-state index >= 15 is 0 Å². The zero-order valence-electron chi connectivity index (χ0n) is 14.1. The Bertz CT molecular complexity index is 782. The largest absolute Gasteiger partial charge is 0.379 e. The summed E-state index contributed by atoms with van der Waals surface area (Å²) in [6.07, 6.45) is 0. The molecule has 0 bridgehead atoms. The van der Waals surface area contributed by atoms with Gasteiger partial charge in [0.25, 0.3) is 5.91 Å². The minimum Gasteiger partial charge on any atom is -0.379 e. The van der Waals surface area contributed by atoms with Crippen molar-refractivity contribution in [1.29, 1.82) is 0 Å². The van der Waals surface area contributed by atoms with E-state index in [1.54, 1.807) is 18.2 Å². The summed E-state index contributed by atoms with van der Waals surface area (Å²) in [5, 5.41) is 4.12. The molecule has 7 heteroatoms. The number of carbonyl (C=O) groups excluding carboxylic acids is 1. The predicted molar refractivity (Wildman–Crippen MR) is 108 cm³/mol. The molecular weight excluding hydrogens is 439 g/mol. The maximum absolute atomic E-state index is 12.6. The summed E-state index contributed by atoms with van der Waals surface area (Å²) >= 11 is 16.0. The molecule has 1 atom stereocenters. The van der Waals surface area contributed by atoms with Crippen LogP contribution in [0.15, 0.2) is 46.9 Å². The van der Waals surface area contributed by atoms with Crippen LogP contribution in [-0.4, -0.2) is 43.7 Å². The van der Waals surface area contributed by atoms with Crippen LogP contribution in [0.25, 0.3) is 0 Å². The molecule has 138 valence electrons. The van der Waals surface area contributed by atoms with Crippen molar-refractivity contribution >= 4 is 45.0 Å². The standard InChI is InChI=1S/C19H19BrCl2N2O2/c20-13-5-6-17(22)15(11-13)19(25)23-12-18(24-7-9-26-10-8-24)14-3-1-2-4-16(14)21/h1-6,11,18H,7-10,12H2,(H,23,25). The third-order valence-corrected chi connectivity index (χ3v) is 5.55. The number of ether oxygens (including phenoxy) is 1. The highest BCUT2D eigenvalue weighted by molar-refractivity contribution is 9.10. The number of nitrogens with zero attached hydrogens (tertiary/aromatic N) is 1. The maximum atomic E-state index is 12.6. The molecule has 1 aliphatic heterocycles. The molecular formula is C19H19BrCl2N2O2. The second kappa shape index (κ2) is 9.20.